The Bertz CT molecular complexity index is 183. The quantitative estimate of drug-likeness (QED) is 0.445. The van der Waals surface area contributed by atoms with Crippen LogP contribution in [-0.2, 0) is 0 Å². The van der Waals surface area contributed by atoms with Crippen LogP contribution in [0.2, 0.25) is 24.2 Å². The second kappa shape index (κ2) is 3.21. The summed E-state index contributed by atoms with van der Waals surface area (Å²) >= 11 is 0. The van der Waals surface area contributed by atoms with E-state index in [2.05, 4.69) is 38.4 Å². The standard InChI is InChI=1S/C11H20Si/c1-5-11(6-2)9-7-8-10-12(11,3)4/h5-6H,1-2,7-10H2,3-4H3. The predicted molar refractivity (Wildman–Crippen MR) is 59.2 cm³/mol. The minimum absolute atomic E-state index is 0.325. The summed E-state index contributed by atoms with van der Waals surface area (Å²) in [5, 5.41) is 0.325. The van der Waals surface area contributed by atoms with Gasteiger partial charge in [-0.3, -0.25) is 0 Å². The number of hydrogen-bond acceptors (Lipinski definition) is 0. The minimum atomic E-state index is -1.11. The molecule has 68 valence electrons. The van der Waals surface area contributed by atoms with Crippen LogP contribution in [0.4, 0.5) is 0 Å². The first-order valence-electron chi connectivity index (χ1n) is 4.85. The second-order valence-electron chi connectivity index (χ2n) is 4.54. The lowest BCUT2D eigenvalue weighted by Crippen LogP contribution is -2.42. The first kappa shape index (κ1) is 9.78. The van der Waals surface area contributed by atoms with Crippen LogP contribution in [0.3, 0.4) is 0 Å². The monoisotopic (exact) mass is 180 g/mol. The zero-order valence-electron chi connectivity index (χ0n) is 8.40. The van der Waals surface area contributed by atoms with Crippen molar-refractivity contribution >= 4 is 8.07 Å². The second-order valence-corrected chi connectivity index (χ2v) is 9.74. The highest BCUT2D eigenvalue weighted by Crippen LogP contribution is 2.51. The Morgan fingerprint density at radius 2 is 1.75 bits per heavy atom. The fourth-order valence-corrected chi connectivity index (χ4v) is 5.95. The van der Waals surface area contributed by atoms with E-state index in [0.717, 1.165) is 0 Å². The molecule has 0 bridgehead atoms. The van der Waals surface area contributed by atoms with Crippen LogP contribution in [0.15, 0.2) is 25.3 Å². The SMILES string of the molecule is C=CC1(C=C)CCCC[Si]1(C)C. The van der Waals surface area contributed by atoms with Crippen molar-refractivity contribution in [2.45, 2.75) is 43.4 Å². The maximum Gasteiger partial charge on any atom is 0.0626 e. The molecule has 1 rings (SSSR count). The number of allylic oxidation sites excluding steroid dienone is 2. The average molecular weight is 180 g/mol. The van der Waals surface area contributed by atoms with Crippen molar-refractivity contribution in [2.24, 2.45) is 0 Å². The van der Waals surface area contributed by atoms with Crippen LogP contribution in [0.25, 0.3) is 0 Å². The maximum atomic E-state index is 3.99. The summed E-state index contributed by atoms with van der Waals surface area (Å²) in [6.07, 6.45) is 8.38. The first-order chi connectivity index (χ1) is 5.58. The normalized spacial score (nSPS) is 26.2. The van der Waals surface area contributed by atoms with E-state index >= 15 is 0 Å². The Labute approximate surface area is 77.4 Å². The molecule has 0 N–H and O–H groups in total. The summed E-state index contributed by atoms with van der Waals surface area (Å²) in [6, 6.07) is 1.44. The van der Waals surface area contributed by atoms with Gasteiger partial charge in [-0.15, -0.1) is 13.2 Å². The van der Waals surface area contributed by atoms with Crippen molar-refractivity contribution < 1.29 is 0 Å². The van der Waals surface area contributed by atoms with E-state index in [0.29, 0.717) is 5.04 Å². The highest BCUT2D eigenvalue weighted by Gasteiger charge is 2.43. The number of rotatable bonds is 2. The third kappa shape index (κ3) is 1.31. The maximum absolute atomic E-state index is 3.99. The van der Waals surface area contributed by atoms with Gasteiger partial charge >= 0.3 is 0 Å². The van der Waals surface area contributed by atoms with Gasteiger partial charge in [0, 0.05) is 0 Å². The van der Waals surface area contributed by atoms with Gasteiger partial charge in [-0.2, -0.15) is 0 Å². The topological polar surface area (TPSA) is 0 Å². The molecule has 1 heterocycles. The summed E-state index contributed by atoms with van der Waals surface area (Å²) < 4.78 is 0. The molecule has 0 aromatic rings. The van der Waals surface area contributed by atoms with Crippen LogP contribution < -0.4 is 0 Å². The molecule has 1 aliphatic rings. The molecule has 12 heavy (non-hydrogen) atoms. The third-order valence-electron chi connectivity index (χ3n) is 3.63. The molecule has 1 aliphatic heterocycles. The van der Waals surface area contributed by atoms with Crippen LogP contribution in [0, 0.1) is 0 Å². The smallest absolute Gasteiger partial charge is 0.0626 e. The Morgan fingerprint density at radius 3 is 2.08 bits per heavy atom. The van der Waals surface area contributed by atoms with Gasteiger partial charge in [-0.25, -0.2) is 0 Å². The Morgan fingerprint density at radius 1 is 1.17 bits per heavy atom. The van der Waals surface area contributed by atoms with E-state index in [4.69, 9.17) is 0 Å². The van der Waals surface area contributed by atoms with E-state index in [1.165, 1.54) is 25.3 Å². The van der Waals surface area contributed by atoms with Crippen molar-refractivity contribution in [3.05, 3.63) is 25.3 Å². The Balaban J connectivity index is 2.96. The van der Waals surface area contributed by atoms with Crippen molar-refractivity contribution in [1.82, 2.24) is 0 Å². The summed E-state index contributed by atoms with van der Waals surface area (Å²) in [5.74, 6) is 0. The van der Waals surface area contributed by atoms with Gasteiger partial charge in [-0.1, -0.05) is 44.1 Å². The van der Waals surface area contributed by atoms with E-state index in [1.54, 1.807) is 0 Å². The zero-order chi connectivity index (χ0) is 9.24. The molecule has 1 heteroatoms. The van der Waals surface area contributed by atoms with E-state index in [1.807, 2.05) is 0 Å². The van der Waals surface area contributed by atoms with Crippen molar-refractivity contribution in [3.8, 4) is 0 Å². The largest absolute Gasteiger partial charge is 0.103 e. The van der Waals surface area contributed by atoms with E-state index in [-0.39, 0.29) is 0 Å². The summed E-state index contributed by atoms with van der Waals surface area (Å²) in [5.41, 5.74) is 0. The van der Waals surface area contributed by atoms with Gasteiger partial charge in [0.2, 0.25) is 0 Å². The lowest BCUT2D eigenvalue weighted by Gasteiger charge is -2.45. The zero-order valence-corrected chi connectivity index (χ0v) is 9.40. The Hall–Kier alpha value is -0.303. The van der Waals surface area contributed by atoms with Gasteiger partial charge in [0.15, 0.2) is 0 Å². The lowest BCUT2D eigenvalue weighted by molar-refractivity contribution is 0.592. The predicted octanol–water partition coefficient (Wildman–Crippen LogP) is 3.99. The van der Waals surface area contributed by atoms with E-state index in [9.17, 15) is 0 Å². The van der Waals surface area contributed by atoms with E-state index < -0.39 is 8.07 Å². The third-order valence-corrected chi connectivity index (χ3v) is 8.41. The average Bonchev–Trinajstić information content (AvgIpc) is 2.05. The summed E-state index contributed by atoms with van der Waals surface area (Å²) in [4.78, 5) is 0. The van der Waals surface area contributed by atoms with Gasteiger partial charge in [0.1, 0.15) is 0 Å². The van der Waals surface area contributed by atoms with Crippen molar-refractivity contribution in [1.29, 1.82) is 0 Å². The molecule has 1 saturated heterocycles. The fraction of sp³-hybridized carbons (Fsp3) is 0.636. The van der Waals surface area contributed by atoms with Crippen molar-refractivity contribution in [3.63, 3.8) is 0 Å². The molecule has 0 aliphatic carbocycles. The summed E-state index contributed by atoms with van der Waals surface area (Å²) in [6.45, 7) is 12.9. The highest BCUT2D eigenvalue weighted by atomic mass is 28.3. The highest BCUT2D eigenvalue weighted by molar-refractivity contribution is 6.81. The molecule has 0 radical (unpaired) electrons. The fourth-order valence-electron chi connectivity index (χ4n) is 2.40. The van der Waals surface area contributed by atoms with Gasteiger partial charge in [0.05, 0.1) is 8.07 Å². The van der Waals surface area contributed by atoms with Crippen LogP contribution in [0.1, 0.15) is 19.3 Å². The molecular weight excluding hydrogens is 160 g/mol. The first-order valence-corrected chi connectivity index (χ1v) is 8.06. The van der Waals surface area contributed by atoms with Crippen LogP contribution in [-0.4, -0.2) is 8.07 Å². The number of hydrogen-bond donors (Lipinski definition) is 0. The molecule has 0 unspecified atom stereocenters. The molecule has 0 spiro atoms. The molecular formula is C11H20Si. The summed E-state index contributed by atoms with van der Waals surface area (Å²) in [7, 11) is -1.11. The molecule has 0 nitrogen and oxygen atoms in total. The van der Waals surface area contributed by atoms with Gasteiger partial charge in [0.25, 0.3) is 0 Å². The molecule has 0 saturated carbocycles. The van der Waals surface area contributed by atoms with Gasteiger partial charge < -0.3 is 0 Å². The van der Waals surface area contributed by atoms with Crippen LogP contribution >= 0.6 is 0 Å². The molecule has 0 aromatic heterocycles. The van der Waals surface area contributed by atoms with Gasteiger partial charge in [-0.05, 0) is 11.5 Å². The van der Waals surface area contributed by atoms with Crippen molar-refractivity contribution in [2.75, 3.05) is 0 Å². The Kier molecular flexibility index (Phi) is 2.62. The molecule has 1 fully saturated rings. The minimum Gasteiger partial charge on any atom is -0.103 e. The molecule has 0 atom stereocenters. The lowest BCUT2D eigenvalue weighted by atomic mass is 10.0. The van der Waals surface area contributed by atoms with Crippen LogP contribution in [0.5, 0.6) is 0 Å². The molecule has 0 aromatic carbocycles. The molecule has 0 amide bonds.